The zero-order valence-electron chi connectivity index (χ0n) is 19.7. The molecule has 0 aromatic carbocycles. The van der Waals surface area contributed by atoms with Crippen LogP contribution < -0.4 is 16.6 Å². The molecule has 19 nitrogen and oxygen atoms in total. The van der Waals surface area contributed by atoms with E-state index in [0.717, 1.165) is 23.8 Å². The molecular weight excluding hydrogens is 564 g/mol. The van der Waals surface area contributed by atoms with Crippen LogP contribution in [0.5, 0.6) is 0 Å². The SMILES string of the molecule is CC(=O)NC1C(OP(=O)(O)OP(=O)(O)OC[C@H]2O[C@@H](n3ccc(=O)[nH]c3=O)[C@H](O)[C@@H]2O)OC(C)C(O)C1O. The van der Waals surface area contributed by atoms with Gasteiger partial charge in [-0.05, 0) is 6.92 Å². The molecule has 3 rings (SSSR count). The molecule has 0 bridgehead atoms. The first-order valence-corrected chi connectivity index (χ1v) is 13.8. The first-order valence-electron chi connectivity index (χ1n) is 10.8. The molecule has 0 spiro atoms. The summed E-state index contributed by atoms with van der Waals surface area (Å²) in [6, 6.07) is -0.645. The molecule has 1 aromatic rings. The zero-order chi connectivity index (χ0) is 28.6. The van der Waals surface area contributed by atoms with E-state index in [9.17, 15) is 53.7 Å². The fourth-order valence-corrected chi connectivity index (χ4v) is 5.87. The number of aliphatic hydroxyl groups excluding tert-OH is 4. The number of H-pyrrole nitrogens is 1. The number of ether oxygens (including phenoxy) is 2. The maximum atomic E-state index is 12.4. The Labute approximate surface area is 212 Å². The molecule has 38 heavy (non-hydrogen) atoms. The van der Waals surface area contributed by atoms with Crippen LogP contribution in [0.25, 0.3) is 0 Å². The van der Waals surface area contributed by atoms with Crippen LogP contribution in [0.4, 0.5) is 0 Å². The number of carbonyl (C=O) groups is 1. The van der Waals surface area contributed by atoms with Gasteiger partial charge in [0.2, 0.25) is 5.91 Å². The molecule has 1 amide bonds. The van der Waals surface area contributed by atoms with Gasteiger partial charge in [0.05, 0.1) is 12.7 Å². The summed E-state index contributed by atoms with van der Waals surface area (Å²) < 4.78 is 49.4. The smallest absolute Gasteiger partial charge is 0.388 e. The summed E-state index contributed by atoms with van der Waals surface area (Å²) in [6.45, 7) is 1.30. The number of carbonyl (C=O) groups excluding carboxylic acids is 1. The van der Waals surface area contributed by atoms with E-state index >= 15 is 0 Å². The Kier molecular flexibility index (Phi) is 9.48. The largest absolute Gasteiger partial charge is 0.483 e. The van der Waals surface area contributed by atoms with E-state index < -0.39 is 94.6 Å². The highest BCUT2D eigenvalue weighted by molar-refractivity contribution is 7.61. The topological polar surface area (TPSA) is 286 Å². The Bertz CT molecular complexity index is 1220. The zero-order valence-corrected chi connectivity index (χ0v) is 21.5. The van der Waals surface area contributed by atoms with Gasteiger partial charge in [0.25, 0.3) is 5.56 Å². The van der Waals surface area contributed by atoms with E-state index in [1.165, 1.54) is 6.92 Å². The number of rotatable bonds is 9. The van der Waals surface area contributed by atoms with Crippen LogP contribution in [-0.2, 0) is 36.8 Å². The summed E-state index contributed by atoms with van der Waals surface area (Å²) in [5.74, 6) is -0.738. The van der Waals surface area contributed by atoms with Gasteiger partial charge in [-0.25, -0.2) is 13.9 Å². The Morgan fingerprint density at radius 2 is 1.74 bits per heavy atom. The lowest BCUT2D eigenvalue weighted by molar-refractivity contribution is -0.236. The van der Waals surface area contributed by atoms with Crippen molar-refractivity contribution in [2.75, 3.05) is 6.61 Å². The van der Waals surface area contributed by atoms with E-state index in [1.807, 2.05) is 4.98 Å². The average molecular weight is 591 g/mol. The molecule has 8 N–H and O–H groups in total. The van der Waals surface area contributed by atoms with E-state index in [2.05, 4.69) is 14.2 Å². The molecule has 0 radical (unpaired) electrons. The van der Waals surface area contributed by atoms with Gasteiger partial charge < -0.3 is 45.0 Å². The number of phosphoric acid groups is 2. The first kappa shape index (κ1) is 30.7. The highest BCUT2D eigenvalue weighted by Gasteiger charge is 2.49. The molecule has 0 saturated carbocycles. The molecule has 2 saturated heterocycles. The Balaban J connectivity index is 1.64. The molecule has 1 aromatic heterocycles. The number of hydrogen-bond acceptors (Lipinski definition) is 14. The third-order valence-electron chi connectivity index (χ3n) is 5.52. The Hall–Kier alpha value is -1.83. The van der Waals surface area contributed by atoms with Crippen LogP contribution >= 0.6 is 15.6 Å². The van der Waals surface area contributed by atoms with E-state index in [4.69, 9.17) is 14.0 Å². The Morgan fingerprint density at radius 1 is 1.08 bits per heavy atom. The standard InChI is InChI=1S/C17H27N3O16P2/c1-6-11(23)13(25)10(18-7(2)21)16(33-6)35-38(30,31)36-37(28,29)32-5-8-12(24)14(26)15(34-8)20-4-3-9(22)19-17(20)27/h3-4,6,8,10-16,23-26H,5H2,1-2H3,(H,18,21)(H,28,29)(H,30,31)(H,19,22,27)/t6?,8-,10?,11?,12-,13?,14-,15-,16?/m1/s1. The molecule has 2 fully saturated rings. The fraction of sp³-hybridized carbons (Fsp3) is 0.706. The minimum Gasteiger partial charge on any atom is -0.388 e. The van der Waals surface area contributed by atoms with Gasteiger partial charge in [0.15, 0.2) is 12.5 Å². The fourth-order valence-electron chi connectivity index (χ4n) is 3.70. The van der Waals surface area contributed by atoms with E-state index in [1.54, 1.807) is 0 Å². The number of aromatic nitrogens is 2. The van der Waals surface area contributed by atoms with Crippen LogP contribution in [0.1, 0.15) is 20.1 Å². The van der Waals surface area contributed by atoms with Gasteiger partial charge in [0.1, 0.15) is 36.6 Å². The maximum absolute atomic E-state index is 12.4. The lowest BCUT2D eigenvalue weighted by Gasteiger charge is -2.41. The van der Waals surface area contributed by atoms with Crippen molar-refractivity contribution < 1.29 is 67.0 Å². The number of amides is 1. The summed E-state index contributed by atoms with van der Waals surface area (Å²) in [5.41, 5.74) is -1.73. The molecular formula is C17H27N3O16P2. The third-order valence-corrected chi connectivity index (χ3v) is 8.12. The Morgan fingerprint density at radius 3 is 2.34 bits per heavy atom. The van der Waals surface area contributed by atoms with Crippen molar-refractivity contribution in [3.63, 3.8) is 0 Å². The quantitative estimate of drug-likeness (QED) is 0.129. The van der Waals surface area contributed by atoms with Crippen molar-refractivity contribution in [2.24, 2.45) is 0 Å². The van der Waals surface area contributed by atoms with Crippen molar-refractivity contribution in [1.82, 2.24) is 14.9 Å². The molecule has 3 heterocycles. The summed E-state index contributed by atoms with van der Waals surface area (Å²) >= 11 is 0. The molecule has 7 unspecified atom stereocenters. The molecule has 21 heteroatoms. The van der Waals surface area contributed by atoms with E-state index in [0.29, 0.717) is 0 Å². The summed E-state index contributed by atoms with van der Waals surface area (Å²) in [6.07, 6.45) is -12.0. The summed E-state index contributed by atoms with van der Waals surface area (Å²) in [5, 5.41) is 42.6. The molecule has 11 atom stereocenters. The van der Waals surface area contributed by atoms with Crippen molar-refractivity contribution in [3.8, 4) is 0 Å². The number of nitrogens with one attached hydrogen (secondary N) is 2. The number of phosphoric ester groups is 2. The van der Waals surface area contributed by atoms with Crippen molar-refractivity contribution in [2.45, 2.75) is 69.0 Å². The highest BCUT2D eigenvalue weighted by atomic mass is 31.3. The van der Waals surface area contributed by atoms with Crippen molar-refractivity contribution >= 4 is 21.6 Å². The van der Waals surface area contributed by atoms with E-state index in [-0.39, 0.29) is 0 Å². The number of hydrogen-bond donors (Lipinski definition) is 8. The average Bonchev–Trinajstić information content (AvgIpc) is 3.06. The second-order valence-corrected chi connectivity index (χ2v) is 11.4. The van der Waals surface area contributed by atoms with Crippen molar-refractivity contribution in [3.05, 3.63) is 33.1 Å². The lowest BCUT2D eigenvalue weighted by Crippen LogP contribution is -2.63. The first-order chi connectivity index (χ1) is 17.5. The highest BCUT2D eigenvalue weighted by Crippen LogP contribution is 2.61. The second-order valence-electron chi connectivity index (χ2n) is 8.40. The molecule has 216 valence electrons. The van der Waals surface area contributed by atoms with Crippen LogP contribution in [-0.4, -0.2) is 101 Å². The van der Waals surface area contributed by atoms with Crippen LogP contribution in [0.3, 0.4) is 0 Å². The number of aromatic amines is 1. The maximum Gasteiger partial charge on any atom is 0.483 e. The predicted molar refractivity (Wildman–Crippen MR) is 119 cm³/mol. The van der Waals surface area contributed by atoms with Gasteiger partial charge in [-0.15, -0.1) is 0 Å². The van der Waals surface area contributed by atoms with Gasteiger partial charge in [0, 0.05) is 19.2 Å². The summed E-state index contributed by atoms with van der Waals surface area (Å²) in [7, 11) is -11.0. The van der Waals surface area contributed by atoms with Gasteiger partial charge in [-0.2, -0.15) is 4.31 Å². The number of nitrogens with zero attached hydrogens (tertiary/aromatic N) is 1. The lowest BCUT2D eigenvalue weighted by atomic mass is 9.98. The molecule has 2 aliphatic rings. The van der Waals surface area contributed by atoms with Crippen LogP contribution in [0.2, 0.25) is 0 Å². The normalized spacial score (nSPS) is 36.8. The van der Waals surface area contributed by atoms with Gasteiger partial charge >= 0.3 is 21.3 Å². The van der Waals surface area contributed by atoms with Gasteiger partial charge in [-0.3, -0.25) is 28.2 Å². The third kappa shape index (κ3) is 7.22. The van der Waals surface area contributed by atoms with Crippen molar-refractivity contribution in [1.29, 1.82) is 0 Å². The monoisotopic (exact) mass is 591 g/mol. The minimum absolute atomic E-state index is 0.738. The van der Waals surface area contributed by atoms with Gasteiger partial charge in [-0.1, -0.05) is 0 Å². The second kappa shape index (κ2) is 11.7. The minimum atomic E-state index is -5.53. The number of aliphatic hydroxyl groups is 4. The van der Waals surface area contributed by atoms with Crippen LogP contribution in [0.15, 0.2) is 21.9 Å². The summed E-state index contributed by atoms with van der Waals surface area (Å²) in [4.78, 5) is 56.4. The predicted octanol–water partition coefficient (Wildman–Crippen LogP) is -3.62. The molecule has 2 aliphatic heterocycles. The molecule has 0 aliphatic carbocycles. The van der Waals surface area contributed by atoms with Crippen LogP contribution in [0, 0.1) is 0 Å².